The Labute approximate surface area is 98.7 Å². The third-order valence-corrected chi connectivity index (χ3v) is 5.24. The maximum Gasteiger partial charge on any atom is 0.154 e. The van der Waals surface area contributed by atoms with Gasteiger partial charge in [0, 0.05) is 6.61 Å². The maximum absolute atomic E-state index is 11.5. The van der Waals surface area contributed by atoms with Crippen molar-refractivity contribution >= 4 is 9.84 Å². The smallest absolute Gasteiger partial charge is 0.154 e. The average Bonchev–Trinajstić information content (AvgIpc) is 2.69. The van der Waals surface area contributed by atoms with Crippen LogP contribution in [0.4, 0.5) is 0 Å². The van der Waals surface area contributed by atoms with E-state index in [1.54, 1.807) is 13.8 Å². The van der Waals surface area contributed by atoms with Crippen LogP contribution in [0.25, 0.3) is 0 Å². The van der Waals surface area contributed by atoms with Crippen LogP contribution in [0, 0.1) is 5.92 Å². The maximum atomic E-state index is 11.5. The molecule has 0 spiro atoms. The van der Waals surface area contributed by atoms with Gasteiger partial charge in [-0.3, -0.25) is 0 Å². The molecule has 0 radical (unpaired) electrons. The Bertz CT molecular complexity index is 282. The van der Waals surface area contributed by atoms with Gasteiger partial charge < -0.3 is 10.1 Å². The molecule has 1 aliphatic heterocycles. The van der Waals surface area contributed by atoms with Crippen LogP contribution in [0.2, 0.25) is 0 Å². The van der Waals surface area contributed by atoms with Crippen LogP contribution in [0.5, 0.6) is 0 Å². The molecule has 0 saturated carbocycles. The number of sulfone groups is 1. The zero-order valence-corrected chi connectivity index (χ0v) is 11.1. The second-order valence-corrected chi connectivity index (χ2v) is 7.35. The van der Waals surface area contributed by atoms with Gasteiger partial charge in [0.2, 0.25) is 0 Å². The molecule has 1 saturated heterocycles. The minimum Gasteiger partial charge on any atom is -0.380 e. The molecule has 16 heavy (non-hydrogen) atoms. The van der Waals surface area contributed by atoms with E-state index in [1.807, 2.05) is 0 Å². The minimum atomic E-state index is -2.94. The van der Waals surface area contributed by atoms with Gasteiger partial charge in [0.05, 0.1) is 17.6 Å². The van der Waals surface area contributed by atoms with Crippen molar-refractivity contribution in [1.82, 2.24) is 5.32 Å². The Kier molecular flexibility index (Phi) is 5.72. The first kappa shape index (κ1) is 13.9. The van der Waals surface area contributed by atoms with Crippen LogP contribution in [0.3, 0.4) is 0 Å². The van der Waals surface area contributed by atoms with Gasteiger partial charge >= 0.3 is 0 Å². The second kappa shape index (κ2) is 6.57. The fourth-order valence-corrected chi connectivity index (χ4v) is 2.55. The molecule has 4 nitrogen and oxygen atoms in total. The van der Waals surface area contributed by atoms with E-state index < -0.39 is 9.84 Å². The van der Waals surface area contributed by atoms with Crippen LogP contribution in [-0.2, 0) is 14.6 Å². The first-order valence-corrected chi connectivity index (χ1v) is 7.74. The summed E-state index contributed by atoms with van der Waals surface area (Å²) < 4.78 is 28.3. The molecular formula is C11H23NO3S. The van der Waals surface area contributed by atoms with Gasteiger partial charge in [-0.2, -0.15) is 0 Å². The molecule has 1 aliphatic rings. The van der Waals surface area contributed by atoms with Crippen molar-refractivity contribution in [2.75, 3.05) is 32.1 Å². The van der Waals surface area contributed by atoms with E-state index >= 15 is 0 Å². The average molecular weight is 249 g/mol. The molecule has 1 N–H and O–H groups in total. The highest BCUT2D eigenvalue weighted by Gasteiger charge is 2.16. The Morgan fingerprint density at radius 1 is 1.38 bits per heavy atom. The fourth-order valence-electron chi connectivity index (χ4n) is 1.72. The third kappa shape index (κ3) is 4.80. The van der Waals surface area contributed by atoms with E-state index in [4.69, 9.17) is 4.74 Å². The van der Waals surface area contributed by atoms with Gasteiger partial charge in [-0.05, 0) is 45.7 Å². The predicted molar refractivity (Wildman–Crippen MR) is 65.3 cm³/mol. The molecule has 1 rings (SSSR count). The lowest BCUT2D eigenvalue weighted by Crippen LogP contribution is -2.21. The first-order valence-electron chi connectivity index (χ1n) is 6.02. The lowest BCUT2D eigenvalue weighted by Gasteiger charge is -2.10. The van der Waals surface area contributed by atoms with Gasteiger partial charge in [-0.15, -0.1) is 0 Å². The summed E-state index contributed by atoms with van der Waals surface area (Å²) in [7, 11) is -2.94. The van der Waals surface area contributed by atoms with Crippen LogP contribution in [-0.4, -0.2) is 45.7 Å². The monoisotopic (exact) mass is 249 g/mol. The van der Waals surface area contributed by atoms with E-state index in [1.165, 1.54) is 6.42 Å². The molecule has 0 aromatic heterocycles. The lowest BCUT2D eigenvalue weighted by atomic mass is 10.1. The van der Waals surface area contributed by atoms with Crippen molar-refractivity contribution in [1.29, 1.82) is 0 Å². The number of nitrogens with one attached hydrogen (secondary N) is 1. The van der Waals surface area contributed by atoms with Crippen molar-refractivity contribution in [2.45, 2.75) is 31.9 Å². The molecule has 1 heterocycles. The standard InChI is InChI=1S/C11H23NO3S/c1-10(2)16(13,14)8-7-15-6-4-11-3-5-12-9-11/h10-12H,3-9H2,1-2H3. The highest BCUT2D eigenvalue weighted by atomic mass is 32.2. The largest absolute Gasteiger partial charge is 0.380 e. The lowest BCUT2D eigenvalue weighted by molar-refractivity contribution is 0.135. The summed E-state index contributed by atoms with van der Waals surface area (Å²) in [5.74, 6) is 0.856. The van der Waals surface area contributed by atoms with Crippen LogP contribution >= 0.6 is 0 Å². The molecule has 5 heteroatoms. The highest BCUT2D eigenvalue weighted by molar-refractivity contribution is 7.91. The number of rotatable bonds is 7. The number of hydrogen-bond donors (Lipinski definition) is 1. The number of ether oxygens (including phenoxy) is 1. The summed E-state index contributed by atoms with van der Waals surface area (Å²) in [6, 6.07) is 0. The van der Waals surface area contributed by atoms with Crippen molar-refractivity contribution in [3.8, 4) is 0 Å². The summed E-state index contributed by atoms with van der Waals surface area (Å²) >= 11 is 0. The van der Waals surface area contributed by atoms with Crippen LogP contribution in [0.1, 0.15) is 26.7 Å². The summed E-state index contributed by atoms with van der Waals surface area (Å²) in [6.45, 7) is 6.61. The van der Waals surface area contributed by atoms with Crippen molar-refractivity contribution in [3.05, 3.63) is 0 Å². The predicted octanol–water partition coefficient (Wildman–Crippen LogP) is 0.826. The molecule has 0 aromatic rings. The van der Waals surface area contributed by atoms with Crippen LogP contribution in [0.15, 0.2) is 0 Å². The van der Waals surface area contributed by atoms with E-state index in [0.29, 0.717) is 19.1 Å². The van der Waals surface area contributed by atoms with Crippen LogP contribution < -0.4 is 5.32 Å². The molecule has 1 unspecified atom stereocenters. The zero-order chi connectivity index (χ0) is 12.0. The van der Waals surface area contributed by atoms with Gasteiger partial charge in [-0.25, -0.2) is 8.42 Å². The Hall–Kier alpha value is -0.130. The molecule has 0 aliphatic carbocycles. The van der Waals surface area contributed by atoms with E-state index in [-0.39, 0.29) is 11.0 Å². The van der Waals surface area contributed by atoms with E-state index in [9.17, 15) is 8.42 Å². The molecule has 0 bridgehead atoms. The molecule has 0 aromatic carbocycles. The van der Waals surface area contributed by atoms with E-state index in [2.05, 4.69) is 5.32 Å². The van der Waals surface area contributed by atoms with Crippen molar-refractivity contribution < 1.29 is 13.2 Å². The first-order chi connectivity index (χ1) is 7.52. The topological polar surface area (TPSA) is 55.4 Å². The van der Waals surface area contributed by atoms with Crippen molar-refractivity contribution in [3.63, 3.8) is 0 Å². The molecular weight excluding hydrogens is 226 g/mol. The molecule has 1 fully saturated rings. The summed E-state index contributed by atoms with van der Waals surface area (Å²) in [5.41, 5.74) is 0. The summed E-state index contributed by atoms with van der Waals surface area (Å²) in [4.78, 5) is 0. The minimum absolute atomic E-state index is 0.146. The van der Waals surface area contributed by atoms with Crippen molar-refractivity contribution in [2.24, 2.45) is 5.92 Å². The molecule has 96 valence electrons. The molecule has 0 amide bonds. The Morgan fingerprint density at radius 3 is 2.69 bits per heavy atom. The zero-order valence-electron chi connectivity index (χ0n) is 10.2. The van der Waals surface area contributed by atoms with Gasteiger partial charge in [-0.1, -0.05) is 0 Å². The Balaban J connectivity index is 2.03. The molecule has 1 atom stereocenters. The SMILES string of the molecule is CC(C)S(=O)(=O)CCOCCC1CCNC1. The summed E-state index contributed by atoms with van der Waals surface area (Å²) in [5, 5.41) is 3.00. The quantitative estimate of drug-likeness (QED) is 0.679. The van der Waals surface area contributed by atoms with E-state index in [0.717, 1.165) is 19.5 Å². The highest BCUT2D eigenvalue weighted by Crippen LogP contribution is 2.11. The fraction of sp³-hybridized carbons (Fsp3) is 1.00. The third-order valence-electron chi connectivity index (χ3n) is 3.06. The van der Waals surface area contributed by atoms with Gasteiger partial charge in [0.25, 0.3) is 0 Å². The Morgan fingerprint density at radius 2 is 2.12 bits per heavy atom. The van der Waals surface area contributed by atoms with Gasteiger partial charge in [0.1, 0.15) is 0 Å². The normalized spacial score (nSPS) is 21.8. The number of hydrogen-bond acceptors (Lipinski definition) is 4. The summed E-state index contributed by atoms with van der Waals surface area (Å²) in [6.07, 6.45) is 2.25. The van der Waals surface area contributed by atoms with Gasteiger partial charge in [0.15, 0.2) is 9.84 Å². The second-order valence-electron chi connectivity index (χ2n) is 4.68.